The molecular formula is C22H28F6N4O7. The number of alkyl halides is 6. The molecule has 0 atom stereocenters. The second kappa shape index (κ2) is 14.1. The summed E-state index contributed by atoms with van der Waals surface area (Å²) in [6.45, 7) is 3.45. The van der Waals surface area contributed by atoms with Gasteiger partial charge in [0.25, 0.3) is 0 Å². The van der Waals surface area contributed by atoms with Crippen LogP contribution in [0, 0.1) is 0 Å². The summed E-state index contributed by atoms with van der Waals surface area (Å²) in [5.41, 5.74) is 0.549. The zero-order valence-electron chi connectivity index (χ0n) is 21.0. The molecule has 11 nitrogen and oxygen atoms in total. The molecule has 0 bridgehead atoms. The van der Waals surface area contributed by atoms with Gasteiger partial charge in [-0.15, -0.1) is 0 Å². The molecule has 17 heteroatoms. The summed E-state index contributed by atoms with van der Waals surface area (Å²) >= 11 is 0. The maximum absolute atomic E-state index is 13.3. The Hall–Kier alpha value is -3.47. The number of likely N-dealkylation sites (tertiary alicyclic amines) is 1. The lowest BCUT2D eigenvalue weighted by Crippen LogP contribution is -2.67. The van der Waals surface area contributed by atoms with Crippen LogP contribution in [0.25, 0.3) is 0 Å². The van der Waals surface area contributed by atoms with Crippen molar-refractivity contribution < 1.29 is 60.5 Å². The number of carboxylic acid groups (broad SMARTS) is 2. The Morgan fingerprint density at radius 2 is 1.51 bits per heavy atom. The fraction of sp³-hybridized carbons (Fsp3) is 0.591. The summed E-state index contributed by atoms with van der Waals surface area (Å²) in [5.74, 6) is -5.35. The maximum atomic E-state index is 13.3. The van der Waals surface area contributed by atoms with Crippen molar-refractivity contribution in [1.29, 1.82) is 0 Å². The molecule has 0 aliphatic carbocycles. The molecule has 0 aromatic carbocycles. The predicted octanol–water partition coefficient (Wildman–Crippen LogP) is 1.63. The average Bonchev–Trinajstić information content (AvgIpc) is 2.85. The van der Waals surface area contributed by atoms with Gasteiger partial charge >= 0.3 is 24.3 Å². The lowest BCUT2D eigenvalue weighted by molar-refractivity contribution is -0.193. The van der Waals surface area contributed by atoms with E-state index in [-0.39, 0.29) is 18.4 Å². The highest BCUT2D eigenvalue weighted by molar-refractivity contribution is 5.88. The number of likely N-dealkylation sites (N-methyl/N-ethyl adjacent to an activating group) is 1. The second-order valence-electron chi connectivity index (χ2n) is 8.46. The van der Waals surface area contributed by atoms with Crippen LogP contribution in [0.2, 0.25) is 0 Å². The van der Waals surface area contributed by atoms with Crippen LogP contribution in [-0.4, -0.2) is 118 Å². The van der Waals surface area contributed by atoms with Crippen LogP contribution >= 0.6 is 0 Å². The molecule has 2 aliphatic rings. The van der Waals surface area contributed by atoms with Crippen molar-refractivity contribution in [1.82, 2.24) is 19.7 Å². The zero-order chi connectivity index (χ0) is 30.0. The summed E-state index contributed by atoms with van der Waals surface area (Å²) in [4.78, 5) is 53.1. The monoisotopic (exact) mass is 574 g/mol. The van der Waals surface area contributed by atoms with Crippen LogP contribution < -0.4 is 0 Å². The van der Waals surface area contributed by atoms with Gasteiger partial charge in [-0.05, 0) is 31.5 Å². The molecule has 39 heavy (non-hydrogen) atoms. The Bertz CT molecular complexity index is 959. The van der Waals surface area contributed by atoms with E-state index in [1.165, 1.54) is 7.11 Å². The molecule has 3 heterocycles. The van der Waals surface area contributed by atoms with Crippen LogP contribution in [0.1, 0.15) is 18.4 Å². The molecule has 1 spiro atoms. The number of amides is 2. The SMILES string of the molecule is COCC(=O)N1CCC2(CC1)C(=O)N(Cc1cccnc1)CCN2C.O=C(O)C(F)(F)F.O=C(O)C(F)(F)F. The van der Waals surface area contributed by atoms with Gasteiger partial charge < -0.3 is 24.7 Å². The van der Waals surface area contributed by atoms with Gasteiger partial charge in [0, 0.05) is 52.2 Å². The highest BCUT2D eigenvalue weighted by Crippen LogP contribution is 2.33. The highest BCUT2D eigenvalue weighted by atomic mass is 19.4. The van der Waals surface area contributed by atoms with Crippen molar-refractivity contribution in [3.05, 3.63) is 30.1 Å². The van der Waals surface area contributed by atoms with E-state index in [0.29, 0.717) is 32.5 Å². The second-order valence-corrected chi connectivity index (χ2v) is 8.46. The third kappa shape index (κ3) is 9.97. The third-order valence-electron chi connectivity index (χ3n) is 5.91. The average molecular weight is 574 g/mol. The van der Waals surface area contributed by atoms with Gasteiger partial charge in [-0.25, -0.2) is 9.59 Å². The first-order chi connectivity index (χ1) is 18.0. The lowest BCUT2D eigenvalue weighted by atomic mass is 9.82. The summed E-state index contributed by atoms with van der Waals surface area (Å²) in [6.07, 6.45) is -5.28. The fourth-order valence-electron chi connectivity index (χ4n) is 3.84. The quantitative estimate of drug-likeness (QED) is 0.514. The summed E-state index contributed by atoms with van der Waals surface area (Å²) < 4.78 is 68.4. The number of nitrogens with zero attached hydrogens (tertiary/aromatic N) is 4. The molecule has 3 rings (SSSR count). The number of aromatic nitrogens is 1. The predicted molar refractivity (Wildman–Crippen MR) is 120 cm³/mol. The number of carbonyl (C=O) groups excluding carboxylic acids is 2. The van der Waals surface area contributed by atoms with Gasteiger partial charge in [0.05, 0.1) is 0 Å². The summed E-state index contributed by atoms with van der Waals surface area (Å²) in [6, 6.07) is 3.89. The number of ether oxygens (including phenoxy) is 1. The topological polar surface area (TPSA) is 141 Å². The maximum Gasteiger partial charge on any atom is 0.490 e. The summed E-state index contributed by atoms with van der Waals surface area (Å²) in [5, 5.41) is 14.2. The number of halogens is 6. The number of carboxylic acids is 2. The first kappa shape index (κ1) is 33.6. The number of rotatable bonds is 4. The first-order valence-corrected chi connectivity index (χ1v) is 11.2. The molecule has 1 aromatic heterocycles. The van der Waals surface area contributed by atoms with Crippen LogP contribution in [-0.2, 0) is 30.5 Å². The van der Waals surface area contributed by atoms with E-state index >= 15 is 0 Å². The van der Waals surface area contributed by atoms with Gasteiger partial charge in [-0.1, -0.05) is 6.07 Å². The van der Waals surface area contributed by atoms with Crippen LogP contribution in [0.4, 0.5) is 26.3 Å². The lowest BCUT2D eigenvalue weighted by Gasteiger charge is -2.51. The number of hydrogen-bond donors (Lipinski definition) is 2. The number of methoxy groups -OCH3 is 1. The molecular weight excluding hydrogens is 546 g/mol. The number of hydrogen-bond acceptors (Lipinski definition) is 7. The van der Waals surface area contributed by atoms with E-state index in [4.69, 9.17) is 24.5 Å². The number of carbonyl (C=O) groups is 4. The van der Waals surface area contributed by atoms with Crippen molar-refractivity contribution in [3.63, 3.8) is 0 Å². The molecule has 2 N–H and O–H groups in total. The van der Waals surface area contributed by atoms with E-state index in [1.807, 2.05) is 30.3 Å². The van der Waals surface area contributed by atoms with Crippen molar-refractivity contribution in [3.8, 4) is 0 Å². The molecule has 0 unspecified atom stereocenters. The largest absolute Gasteiger partial charge is 0.490 e. The van der Waals surface area contributed by atoms with Gasteiger partial charge in [0.15, 0.2) is 0 Å². The van der Waals surface area contributed by atoms with Crippen molar-refractivity contribution in [2.75, 3.05) is 46.9 Å². The zero-order valence-corrected chi connectivity index (χ0v) is 21.0. The van der Waals surface area contributed by atoms with E-state index in [2.05, 4.69) is 9.88 Å². The smallest absolute Gasteiger partial charge is 0.475 e. The number of piperidine rings is 1. The third-order valence-corrected chi connectivity index (χ3v) is 5.91. The van der Waals surface area contributed by atoms with Gasteiger partial charge in [0.2, 0.25) is 11.8 Å². The molecule has 1 aromatic rings. The minimum atomic E-state index is -5.08. The van der Waals surface area contributed by atoms with E-state index in [0.717, 1.165) is 18.7 Å². The molecule has 0 saturated carbocycles. The summed E-state index contributed by atoms with van der Waals surface area (Å²) in [7, 11) is 3.55. The standard InChI is InChI=1S/C18H26N4O3.2C2HF3O2/c1-20-10-11-22(13-15-4-3-7-19-12-15)17(24)18(20)5-8-21(9-6-18)16(23)14-25-2;2*3-2(4,5)1(6)7/h3-4,7,12H,5-6,8-11,13-14H2,1-2H3;2*(H,6,7). The molecule has 220 valence electrons. The Morgan fingerprint density at radius 1 is 1.00 bits per heavy atom. The Kier molecular flexibility index (Phi) is 12.1. The van der Waals surface area contributed by atoms with E-state index < -0.39 is 29.8 Å². The van der Waals surface area contributed by atoms with Gasteiger partial charge in [0.1, 0.15) is 12.1 Å². The van der Waals surface area contributed by atoms with Gasteiger partial charge in [-0.2, -0.15) is 26.3 Å². The Balaban J connectivity index is 0.000000449. The van der Waals surface area contributed by atoms with Gasteiger partial charge in [-0.3, -0.25) is 19.5 Å². The van der Waals surface area contributed by atoms with Crippen LogP contribution in [0.5, 0.6) is 0 Å². The molecule has 2 saturated heterocycles. The number of piperazine rings is 1. The molecule has 0 radical (unpaired) electrons. The molecule has 2 aliphatic heterocycles. The van der Waals surface area contributed by atoms with Crippen molar-refractivity contribution in [2.45, 2.75) is 37.3 Å². The Morgan fingerprint density at radius 3 is 1.92 bits per heavy atom. The first-order valence-electron chi connectivity index (χ1n) is 11.2. The molecule has 2 fully saturated rings. The highest BCUT2D eigenvalue weighted by Gasteiger charge is 2.49. The van der Waals surface area contributed by atoms with Crippen molar-refractivity contribution in [2.24, 2.45) is 0 Å². The number of aliphatic carboxylic acids is 2. The van der Waals surface area contributed by atoms with E-state index in [9.17, 15) is 35.9 Å². The fourth-order valence-corrected chi connectivity index (χ4v) is 3.84. The Labute approximate surface area is 218 Å². The minimum Gasteiger partial charge on any atom is -0.475 e. The van der Waals surface area contributed by atoms with Crippen LogP contribution in [0.3, 0.4) is 0 Å². The van der Waals surface area contributed by atoms with E-state index in [1.54, 1.807) is 11.1 Å². The van der Waals surface area contributed by atoms with Crippen LogP contribution in [0.15, 0.2) is 24.5 Å². The minimum absolute atomic E-state index is 0.00419. The number of pyridine rings is 1. The normalized spacial score (nSPS) is 17.5. The molecule has 2 amide bonds. The van der Waals surface area contributed by atoms with Crippen molar-refractivity contribution >= 4 is 23.8 Å².